The summed E-state index contributed by atoms with van der Waals surface area (Å²) in [5, 5.41) is 2.32. The molecule has 1 aliphatic carbocycles. The minimum absolute atomic E-state index is 0.267. The average Bonchev–Trinajstić information content (AvgIpc) is 2.88. The van der Waals surface area contributed by atoms with Crippen LogP contribution in [0.1, 0.15) is 22.3 Å². The van der Waals surface area contributed by atoms with Gasteiger partial charge in [-0.1, -0.05) is 36.4 Å². The number of pyridine rings is 1. The van der Waals surface area contributed by atoms with Gasteiger partial charge in [0.25, 0.3) is 0 Å². The molecule has 0 atom stereocenters. The summed E-state index contributed by atoms with van der Waals surface area (Å²) in [5.74, 6) is 0.267. The van der Waals surface area contributed by atoms with Gasteiger partial charge < -0.3 is 0 Å². The van der Waals surface area contributed by atoms with Crippen LogP contribution in [0.2, 0.25) is 0 Å². The van der Waals surface area contributed by atoms with Crippen molar-refractivity contribution in [1.82, 2.24) is 4.98 Å². The summed E-state index contributed by atoms with van der Waals surface area (Å²) in [7, 11) is 0. The van der Waals surface area contributed by atoms with Gasteiger partial charge in [0.15, 0.2) is 5.78 Å². The van der Waals surface area contributed by atoms with Crippen LogP contribution in [0, 0.1) is 0 Å². The number of carbonyl (C=O) groups is 1. The first-order valence-electron chi connectivity index (χ1n) is 6.83. The van der Waals surface area contributed by atoms with Crippen molar-refractivity contribution in [2.75, 3.05) is 0 Å². The third-order valence-electron chi connectivity index (χ3n) is 4.05. The number of hydrogen-bond acceptors (Lipinski definition) is 2. The molecule has 0 amide bonds. The Bertz CT molecular complexity index is 830. The lowest BCUT2D eigenvalue weighted by Gasteiger charge is -2.10. The number of nitrogens with zero attached hydrogens (tertiary/aromatic N) is 1. The third kappa shape index (κ3) is 1.58. The van der Waals surface area contributed by atoms with Crippen molar-refractivity contribution in [3.63, 3.8) is 0 Å². The molecule has 2 heteroatoms. The number of carbonyl (C=O) groups excluding carboxylic acids is 1. The van der Waals surface area contributed by atoms with Gasteiger partial charge in [-0.05, 0) is 34.6 Å². The van der Waals surface area contributed by atoms with E-state index in [2.05, 4.69) is 29.2 Å². The summed E-state index contributed by atoms with van der Waals surface area (Å²) in [6, 6.07) is 14.3. The zero-order valence-electron chi connectivity index (χ0n) is 11.0. The fraction of sp³-hybridized carbons (Fsp3) is 0.111. The molecule has 0 unspecified atom stereocenters. The first kappa shape index (κ1) is 11.4. The molecule has 0 radical (unpaired) electrons. The van der Waals surface area contributed by atoms with E-state index in [9.17, 15) is 4.79 Å². The number of fused-ring (bicyclic) bond motifs is 2. The SMILES string of the molecule is O=C1CCc2c1cccc2-c1cccc2cnccc12. The van der Waals surface area contributed by atoms with E-state index < -0.39 is 0 Å². The third-order valence-corrected chi connectivity index (χ3v) is 4.05. The van der Waals surface area contributed by atoms with E-state index in [0.29, 0.717) is 6.42 Å². The van der Waals surface area contributed by atoms with Crippen LogP contribution in [0.25, 0.3) is 21.9 Å². The van der Waals surface area contributed by atoms with Gasteiger partial charge >= 0.3 is 0 Å². The maximum atomic E-state index is 11.9. The van der Waals surface area contributed by atoms with Crippen molar-refractivity contribution in [1.29, 1.82) is 0 Å². The molecule has 0 N–H and O–H groups in total. The van der Waals surface area contributed by atoms with E-state index in [0.717, 1.165) is 17.4 Å². The van der Waals surface area contributed by atoms with E-state index in [-0.39, 0.29) is 5.78 Å². The molecular formula is C18H13NO. The Kier molecular flexibility index (Phi) is 2.43. The van der Waals surface area contributed by atoms with Gasteiger partial charge in [-0.3, -0.25) is 9.78 Å². The van der Waals surface area contributed by atoms with Gasteiger partial charge in [-0.25, -0.2) is 0 Å². The summed E-state index contributed by atoms with van der Waals surface area (Å²) in [5.41, 5.74) is 4.47. The largest absolute Gasteiger partial charge is 0.294 e. The van der Waals surface area contributed by atoms with Gasteiger partial charge in [0.1, 0.15) is 0 Å². The second-order valence-corrected chi connectivity index (χ2v) is 5.16. The van der Waals surface area contributed by atoms with Crippen molar-refractivity contribution in [3.05, 3.63) is 66.0 Å². The Morgan fingerprint density at radius 1 is 0.850 bits per heavy atom. The van der Waals surface area contributed by atoms with Crippen LogP contribution in [0.15, 0.2) is 54.9 Å². The van der Waals surface area contributed by atoms with E-state index in [1.54, 1.807) is 0 Å². The number of hydrogen-bond donors (Lipinski definition) is 0. The van der Waals surface area contributed by atoms with Crippen LogP contribution in [-0.2, 0) is 6.42 Å². The normalized spacial score (nSPS) is 13.7. The second-order valence-electron chi connectivity index (χ2n) is 5.16. The van der Waals surface area contributed by atoms with E-state index in [1.165, 1.54) is 22.1 Å². The molecule has 0 saturated heterocycles. The van der Waals surface area contributed by atoms with E-state index in [4.69, 9.17) is 0 Å². The average molecular weight is 259 g/mol. The quantitative estimate of drug-likeness (QED) is 0.660. The van der Waals surface area contributed by atoms with Crippen molar-refractivity contribution in [2.45, 2.75) is 12.8 Å². The topological polar surface area (TPSA) is 30.0 Å². The summed E-state index contributed by atoms with van der Waals surface area (Å²) in [4.78, 5) is 16.1. The molecule has 20 heavy (non-hydrogen) atoms. The van der Waals surface area contributed by atoms with Crippen molar-refractivity contribution < 1.29 is 4.79 Å². The summed E-state index contributed by atoms with van der Waals surface area (Å²) in [6.07, 6.45) is 5.19. The molecule has 0 spiro atoms. The minimum Gasteiger partial charge on any atom is -0.294 e. The standard InChI is InChI=1S/C18H13NO/c20-18-8-7-16-15(5-2-6-17(16)18)14-4-1-3-12-11-19-10-9-13(12)14/h1-6,9-11H,7-8H2. The molecule has 1 aliphatic rings. The molecule has 2 aromatic carbocycles. The predicted molar refractivity (Wildman–Crippen MR) is 79.8 cm³/mol. The number of ketones is 1. The van der Waals surface area contributed by atoms with Crippen LogP contribution in [0.4, 0.5) is 0 Å². The summed E-state index contributed by atoms with van der Waals surface area (Å²) in [6.45, 7) is 0. The highest BCUT2D eigenvalue weighted by Gasteiger charge is 2.22. The summed E-state index contributed by atoms with van der Waals surface area (Å²) < 4.78 is 0. The monoisotopic (exact) mass is 259 g/mol. The molecule has 96 valence electrons. The van der Waals surface area contributed by atoms with Crippen molar-refractivity contribution in [2.24, 2.45) is 0 Å². The molecule has 0 aliphatic heterocycles. The van der Waals surface area contributed by atoms with Crippen molar-refractivity contribution >= 4 is 16.6 Å². The fourth-order valence-electron chi connectivity index (χ4n) is 3.10. The Labute approximate surface area is 117 Å². The Hall–Kier alpha value is -2.48. The Morgan fingerprint density at radius 3 is 2.60 bits per heavy atom. The highest BCUT2D eigenvalue weighted by atomic mass is 16.1. The van der Waals surface area contributed by atoms with Crippen LogP contribution >= 0.6 is 0 Å². The van der Waals surface area contributed by atoms with Gasteiger partial charge in [0.2, 0.25) is 0 Å². The van der Waals surface area contributed by atoms with Gasteiger partial charge in [-0.15, -0.1) is 0 Å². The van der Waals surface area contributed by atoms with Crippen LogP contribution < -0.4 is 0 Å². The van der Waals surface area contributed by atoms with Crippen LogP contribution in [-0.4, -0.2) is 10.8 Å². The number of benzene rings is 2. The minimum atomic E-state index is 0.267. The molecule has 1 heterocycles. The van der Waals surface area contributed by atoms with Crippen LogP contribution in [0.5, 0.6) is 0 Å². The molecule has 2 nitrogen and oxygen atoms in total. The number of rotatable bonds is 1. The smallest absolute Gasteiger partial charge is 0.163 e. The Morgan fingerprint density at radius 2 is 1.65 bits per heavy atom. The van der Waals surface area contributed by atoms with Crippen molar-refractivity contribution in [3.8, 4) is 11.1 Å². The molecule has 0 bridgehead atoms. The zero-order valence-corrected chi connectivity index (χ0v) is 11.0. The second kappa shape index (κ2) is 4.27. The van der Waals surface area contributed by atoms with Gasteiger partial charge in [0.05, 0.1) is 0 Å². The number of aromatic nitrogens is 1. The predicted octanol–water partition coefficient (Wildman–Crippen LogP) is 4.03. The first-order chi connectivity index (χ1) is 9.84. The maximum absolute atomic E-state index is 11.9. The number of Topliss-reactive ketones (excluding diaryl/α,β-unsaturated/α-hetero) is 1. The van der Waals surface area contributed by atoms with E-state index in [1.807, 2.05) is 30.6 Å². The highest BCUT2D eigenvalue weighted by molar-refractivity contribution is 6.04. The lowest BCUT2D eigenvalue weighted by Crippen LogP contribution is -1.92. The van der Waals surface area contributed by atoms with Gasteiger partial charge in [0, 0.05) is 29.8 Å². The maximum Gasteiger partial charge on any atom is 0.163 e. The summed E-state index contributed by atoms with van der Waals surface area (Å²) >= 11 is 0. The molecular weight excluding hydrogens is 246 g/mol. The Balaban J connectivity index is 2.04. The molecule has 3 aromatic rings. The lowest BCUT2D eigenvalue weighted by molar-refractivity contribution is 0.0994. The lowest BCUT2D eigenvalue weighted by atomic mass is 9.93. The van der Waals surface area contributed by atoms with Crippen LogP contribution in [0.3, 0.4) is 0 Å². The highest BCUT2D eigenvalue weighted by Crippen LogP contribution is 2.35. The van der Waals surface area contributed by atoms with Gasteiger partial charge in [-0.2, -0.15) is 0 Å². The molecule has 4 rings (SSSR count). The zero-order chi connectivity index (χ0) is 13.5. The van der Waals surface area contributed by atoms with E-state index >= 15 is 0 Å². The molecule has 1 aromatic heterocycles. The molecule has 0 saturated carbocycles. The fourth-order valence-corrected chi connectivity index (χ4v) is 3.10. The first-order valence-corrected chi connectivity index (χ1v) is 6.83. The molecule has 0 fully saturated rings.